The van der Waals surface area contributed by atoms with Crippen LogP contribution in [-0.2, 0) is 0 Å². The molecule has 2 aromatic carbocycles. The van der Waals surface area contributed by atoms with Gasteiger partial charge in [0, 0.05) is 16.8 Å². The number of para-hydroxylation sites is 1. The molecule has 0 saturated carbocycles. The molecule has 0 spiro atoms. The van der Waals surface area contributed by atoms with E-state index in [4.69, 9.17) is 11.5 Å². The first-order valence-corrected chi connectivity index (χ1v) is 4.93. The van der Waals surface area contributed by atoms with E-state index >= 15 is 0 Å². The Balaban J connectivity index is 2.53. The van der Waals surface area contributed by atoms with Gasteiger partial charge >= 0.3 is 0 Å². The van der Waals surface area contributed by atoms with Crippen molar-refractivity contribution in [3.63, 3.8) is 0 Å². The molecule has 0 aliphatic carbocycles. The van der Waals surface area contributed by atoms with E-state index in [-0.39, 0.29) is 0 Å². The summed E-state index contributed by atoms with van der Waals surface area (Å²) in [6.07, 6.45) is 0. The summed E-state index contributed by atoms with van der Waals surface area (Å²) in [6.45, 7) is 0. The van der Waals surface area contributed by atoms with Gasteiger partial charge in [-0.25, -0.2) is 0 Å². The molecule has 4 N–H and O–H groups in total. The lowest BCUT2D eigenvalue weighted by Gasteiger charge is -2.06. The standard InChI is InChI=1S/C13H12N2O/c14-12-7-2-1-6-11(12)9-4-3-5-10(8-9)13(15)16/h1-8H,14H2,(H2,15,16). The molecule has 0 fully saturated rings. The van der Waals surface area contributed by atoms with E-state index in [1.54, 1.807) is 18.2 Å². The fraction of sp³-hybridized carbons (Fsp3) is 0. The third kappa shape index (κ3) is 1.88. The summed E-state index contributed by atoms with van der Waals surface area (Å²) < 4.78 is 0. The fourth-order valence-electron chi connectivity index (χ4n) is 1.60. The Hall–Kier alpha value is -2.29. The Morgan fingerprint density at radius 3 is 2.44 bits per heavy atom. The second-order valence-corrected chi connectivity index (χ2v) is 3.53. The van der Waals surface area contributed by atoms with Crippen molar-refractivity contribution in [3.8, 4) is 11.1 Å². The maximum absolute atomic E-state index is 11.1. The van der Waals surface area contributed by atoms with Crippen molar-refractivity contribution in [2.24, 2.45) is 5.73 Å². The summed E-state index contributed by atoms with van der Waals surface area (Å²) in [5.41, 5.74) is 14.1. The van der Waals surface area contributed by atoms with Gasteiger partial charge < -0.3 is 11.5 Å². The molecular formula is C13H12N2O. The van der Waals surface area contributed by atoms with Crippen LogP contribution in [0, 0.1) is 0 Å². The van der Waals surface area contributed by atoms with E-state index in [0.29, 0.717) is 11.3 Å². The molecular weight excluding hydrogens is 200 g/mol. The van der Waals surface area contributed by atoms with Crippen molar-refractivity contribution < 1.29 is 4.79 Å². The van der Waals surface area contributed by atoms with Gasteiger partial charge in [-0.05, 0) is 23.8 Å². The van der Waals surface area contributed by atoms with Crippen molar-refractivity contribution in [2.75, 3.05) is 5.73 Å². The van der Waals surface area contributed by atoms with Crippen LogP contribution in [0.3, 0.4) is 0 Å². The largest absolute Gasteiger partial charge is 0.398 e. The highest BCUT2D eigenvalue weighted by atomic mass is 16.1. The molecule has 0 bridgehead atoms. The lowest BCUT2D eigenvalue weighted by molar-refractivity contribution is 0.100. The van der Waals surface area contributed by atoms with Crippen LogP contribution in [0.15, 0.2) is 48.5 Å². The number of carbonyl (C=O) groups excluding carboxylic acids is 1. The van der Waals surface area contributed by atoms with Gasteiger partial charge in [-0.2, -0.15) is 0 Å². The molecule has 0 aliphatic heterocycles. The SMILES string of the molecule is NC(=O)c1cccc(-c2ccccc2N)c1. The summed E-state index contributed by atoms with van der Waals surface area (Å²) in [5.74, 6) is -0.434. The van der Waals surface area contributed by atoms with Crippen molar-refractivity contribution in [1.29, 1.82) is 0 Å². The highest BCUT2D eigenvalue weighted by molar-refractivity contribution is 5.94. The number of nitrogens with two attached hydrogens (primary N) is 2. The van der Waals surface area contributed by atoms with Crippen LogP contribution in [0.4, 0.5) is 5.69 Å². The topological polar surface area (TPSA) is 69.1 Å². The zero-order valence-electron chi connectivity index (χ0n) is 8.68. The van der Waals surface area contributed by atoms with Crippen molar-refractivity contribution in [2.45, 2.75) is 0 Å². The third-order valence-electron chi connectivity index (χ3n) is 2.42. The van der Waals surface area contributed by atoms with Crippen LogP contribution in [-0.4, -0.2) is 5.91 Å². The van der Waals surface area contributed by atoms with E-state index in [1.165, 1.54) is 0 Å². The van der Waals surface area contributed by atoms with Gasteiger partial charge in [0.25, 0.3) is 0 Å². The quantitative estimate of drug-likeness (QED) is 0.748. The molecule has 3 heteroatoms. The highest BCUT2D eigenvalue weighted by Crippen LogP contribution is 2.25. The second-order valence-electron chi connectivity index (χ2n) is 3.53. The predicted molar refractivity (Wildman–Crippen MR) is 64.8 cm³/mol. The van der Waals surface area contributed by atoms with E-state index < -0.39 is 5.91 Å². The van der Waals surface area contributed by atoms with Gasteiger partial charge in [-0.3, -0.25) is 4.79 Å². The Labute approximate surface area is 93.7 Å². The molecule has 2 rings (SSSR count). The molecule has 80 valence electrons. The predicted octanol–water partition coefficient (Wildman–Crippen LogP) is 2.03. The van der Waals surface area contributed by atoms with Gasteiger partial charge in [0.15, 0.2) is 0 Å². The lowest BCUT2D eigenvalue weighted by Crippen LogP contribution is -2.10. The monoisotopic (exact) mass is 212 g/mol. The Bertz CT molecular complexity index is 535. The number of amides is 1. The number of benzene rings is 2. The average Bonchev–Trinajstić information content (AvgIpc) is 2.30. The highest BCUT2D eigenvalue weighted by Gasteiger charge is 2.04. The molecule has 1 amide bonds. The molecule has 16 heavy (non-hydrogen) atoms. The van der Waals surface area contributed by atoms with E-state index in [9.17, 15) is 4.79 Å². The van der Waals surface area contributed by atoms with Gasteiger partial charge in [-0.1, -0.05) is 30.3 Å². The maximum atomic E-state index is 11.1. The van der Waals surface area contributed by atoms with Crippen LogP contribution in [0.5, 0.6) is 0 Å². The van der Waals surface area contributed by atoms with E-state index in [0.717, 1.165) is 11.1 Å². The Morgan fingerprint density at radius 2 is 1.75 bits per heavy atom. The second kappa shape index (κ2) is 4.06. The number of anilines is 1. The van der Waals surface area contributed by atoms with Crippen molar-refractivity contribution in [3.05, 3.63) is 54.1 Å². The minimum Gasteiger partial charge on any atom is -0.398 e. The average molecular weight is 212 g/mol. The molecule has 0 unspecified atom stereocenters. The van der Waals surface area contributed by atoms with E-state index in [2.05, 4.69) is 0 Å². The zero-order chi connectivity index (χ0) is 11.5. The molecule has 0 aromatic heterocycles. The number of hydrogen-bond acceptors (Lipinski definition) is 2. The first-order chi connectivity index (χ1) is 7.68. The first-order valence-electron chi connectivity index (χ1n) is 4.93. The molecule has 2 aromatic rings. The minimum absolute atomic E-state index is 0.434. The maximum Gasteiger partial charge on any atom is 0.248 e. The molecule has 0 radical (unpaired) electrons. The summed E-state index contributed by atoms with van der Waals surface area (Å²) in [6, 6.07) is 14.6. The normalized spacial score (nSPS) is 10.0. The number of nitrogen functional groups attached to an aromatic ring is 1. The zero-order valence-corrected chi connectivity index (χ0v) is 8.68. The minimum atomic E-state index is -0.434. The molecule has 0 heterocycles. The van der Waals surface area contributed by atoms with Crippen LogP contribution in [0.25, 0.3) is 11.1 Å². The fourth-order valence-corrected chi connectivity index (χ4v) is 1.60. The van der Waals surface area contributed by atoms with Crippen molar-refractivity contribution in [1.82, 2.24) is 0 Å². The summed E-state index contributed by atoms with van der Waals surface area (Å²) >= 11 is 0. The summed E-state index contributed by atoms with van der Waals surface area (Å²) in [7, 11) is 0. The van der Waals surface area contributed by atoms with Gasteiger partial charge in [-0.15, -0.1) is 0 Å². The summed E-state index contributed by atoms with van der Waals surface area (Å²) in [5, 5.41) is 0. The van der Waals surface area contributed by atoms with Crippen LogP contribution < -0.4 is 11.5 Å². The Morgan fingerprint density at radius 1 is 1.00 bits per heavy atom. The van der Waals surface area contributed by atoms with Crippen molar-refractivity contribution >= 4 is 11.6 Å². The number of hydrogen-bond donors (Lipinski definition) is 2. The van der Waals surface area contributed by atoms with Crippen LogP contribution in [0.2, 0.25) is 0 Å². The molecule has 0 saturated heterocycles. The molecule has 0 atom stereocenters. The van der Waals surface area contributed by atoms with Gasteiger partial charge in [0.1, 0.15) is 0 Å². The number of carbonyl (C=O) groups is 1. The third-order valence-corrected chi connectivity index (χ3v) is 2.42. The van der Waals surface area contributed by atoms with Crippen LogP contribution in [0.1, 0.15) is 10.4 Å². The molecule has 0 aliphatic rings. The number of rotatable bonds is 2. The summed E-state index contributed by atoms with van der Waals surface area (Å²) in [4.78, 5) is 11.1. The van der Waals surface area contributed by atoms with Crippen LogP contribution >= 0.6 is 0 Å². The van der Waals surface area contributed by atoms with Gasteiger partial charge in [0.05, 0.1) is 0 Å². The van der Waals surface area contributed by atoms with E-state index in [1.807, 2.05) is 30.3 Å². The smallest absolute Gasteiger partial charge is 0.248 e. The lowest BCUT2D eigenvalue weighted by atomic mass is 10.0. The Kier molecular flexibility index (Phi) is 2.60. The van der Waals surface area contributed by atoms with Gasteiger partial charge in [0.2, 0.25) is 5.91 Å². The number of primary amides is 1. The first kappa shape index (κ1) is 10.2. The molecule has 3 nitrogen and oxygen atoms in total.